The predicted molar refractivity (Wildman–Crippen MR) is 124 cm³/mol. The lowest BCUT2D eigenvalue weighted by Gasteiger charge is -2.27. The number of rotatable bonds is 12. The SMILES string of the molecule is CCO[Si](OCC)(OCC)OCC.CO[Si](OC)(c1ccccc1)c1ccccc1. The molecule has 6 nitrogen and oxygen atoms in total. The van der Waals surface area contributed by atoms with E-state index in [4.69, 9.17) is 26.6 Å². The van der Waals surface area contributed by atoms with E-state index in [0.717, 1.165) is 10.4 Å². The van der Waals surface area contributed by atoms with Gasteiger partial charge in [-0.1, -0.05) is 60.7 Å². The Hall–Kier alpha value is -1.37. The van der Waals surface area contributed by atoms with Gasteiger partial charge in [-0.3, -0.25) is 0 Å². The van der Waals surface area contributed by atoms with Gasteiger partial charge in [0.15, 0.2) is 0 Å². The molecule has 0 aliphatic carbocycles. The summed E-state index contributed by atoms with van der Waals surface area (Å²) in [5.41, 5.74) is 0. The molecule has 0 saturated carbocycles. The van der Waals surface area contributed by atoms with Crippen LogP contribution in [-0.4, -0.2) is 58.3 Å². The molecule has 0 atom stereocenters. The largest absolute Gasteiger partial charge is 0.679 e. The molecule has 2 rings (SSSR count). The summed E-state index contributed by atoms with van der Waals surface area (Å²) in [4.78, 5) is 0. The first kappa shape index (κ1) is 26.7. The summed E-state index contributed by atoms with van der Waals surface area (Å²) < 4.78 is 33.2. The van der Waals surface area contributed by atoms with Crippen molar-refractivity contribution in [2.75, 3.05) is 40.6 Å². The average Bonchev–Trinajstić information content (AvgIpc) is 2.78. The first-order chi connectivity index (χ1) is 14.6. The minimum atomic E-state index is -2.80. The third-order valence-electron chi connectivity index (χ3n) is 4.17. The predicted octanol–water partition coefficient (Wildman–Crippen LogP) is 3.10. The van der Waals surface area contributed by atoms with Gasteiger partial charge in [-0.2, -0.15) is 0 Å². The molecule has 0 heterocycles. The van der Waals surface area contributed by atoms with Crippen molar-refractivity contribution in [3.8, 4) is 0 Å². The highest BCUT2D eigenvalue weighted by atomic mass is 28.4. The summed E-state index contributed by atoms with van der Waals surface area (Å²) in [6.45, 7) is 9.80. The van der Waals surface area contributed by atoms with Crippen LogP contribution in [0.3, 0.4) is 0 Å². The maximum Gasteiger partial charge on any atom is 0.679 e. The molecule has 0 saturated heterocycles. The molecule has 0 amide bonds. The van der Waals surface area contributed by atoms with Crippen LogP contribution in [0, 0.1) is 0 Å². The molecule has 0 unspecified atom stereocenters. The molecule has 0 aliphatic heterocycles. The average molecular weight is 453 g/mol. The molecular weight excluding hydrogens is 416 g/mol. The molecule has 0 fully saturated rings. The third-order valence-corrected chi connectivity index (χ3v) is 10.1. The topological polar surface area (TPSA) is 55.4 Å². The van der Waals surface area contributed by atoms with E-state index in [1.54, 1.807) is 14.2 Å². The lowest BCUT2D eigenvalue weighted by molar-refractivity contribution is -0.0247. The zero-order valence-electron chi connectivity index (χ0n) is 19.1. The summed E-state index contributed by atoms with van der Waals surface area (Å²) in [5.74, 6) is 0. The van der Waals surface area contributed by atoms with Gasteiger partial charge < -0.3 is 26.6 Å². The number of benzene rings is 2. The second-order valence-electron chi connectivity index (χ2n) is 5.99. The van der Waals surface area contributed by atoms with Gasteiger partial charge in [-0.05, 0) is 38.1 Å². The van der Waals surface area contributed by atoms with Crippen molar-refractivity contribution in [2.45, 2.75) is 27.7 Å². The molecule has 0 radical (unpaired) electrons. The fraction of sp³-hybridized carbons (Fsp3) is 0.455. The van der Waals surface area contributed by atoms with E-state index in [1.165, 1.54) is 0 Å². The highest BCUT2D eigenvalue weighted by molar-refractivity contribution is 6.92. The van der Waals surface area contributed by atoms with Gasteiger partial charge in [0, 0.05) is 40.6 Å². The standard InChI is InChI=1S/C14H16O2Si.C8H20O4Si/c1-15-17(16-2,13-9-5-3-6-10-13)14-11-7-4-8-12-14;1-5-9-13(10-6-2,11-7-3)12-8-4/h3-12H,1-2H3;5-8H2,1-4H3. The lowest BCUT2D eigenvalue weighted by atomic mass is 10.4. The molecule has 2 aromatic rings. The monoisotopic (exact) mass is 452 g/mol. The molecular formula is C22H36O6Si2. The van der Waals surface area contributed by atoms with Crippen molar-refractivity contribution in [1.29, 1.82) is 0 Å². The molecule has 0 spiro atoms. The van der Waals surface area contributed by atoms with Gasteiger partial charge in [0.2, 0.25) is 0 Å². The van der Waals surface area contributed by atoms with Crippen LogP contribution >= 0.6 is 0 Å². The fourth-order valence-corrected chi connectivity index (χ4v) is 7.61. The minimum Gasteiger partial charge on any atom is -0.391 e. The van der Waals surface area contributed by atoms with Crippen LogP contribution in [0.25, 0.3) is 0 Å². The van der Waals surface area contributed by atoms with Crippen molar-refractivity contribution >= 4 is 28.0 Å². The number of hydrogen-bond donors (Lipinski definition) is 0. The Morgan fingerprint density at radius 3 is 1.07 bits per heavy atom. The normalized spacial score (nSPS) is 11.7. The second kappa shape index (κ2) is 14.6. The van der Waals surface area contributed by atoms with Crippen LogP contribution < -0.4 is 10.4 Å². The second-order valence-corrected chi connectivity index (χ2v) is 11.3. The maximum atomic E-state index is 5.78. The van der Waals surface area contributed by atoms with Crippen molar-refractivity contribution in [3.63, 3.8) is 0 Å². The van der Waals surface area contributed by atoms with Gasteiger partial charge in [0.1, 0.15) is 0 Å². The van der Waals surface area contributed by atoms with Gasteiger partial charge in [0.25, 0.3) is 0 Å². The quantitative estimate of drug-likeness (QED) is 0.461. The van der Waals surface area contributed by atoms with Crippen LogP contribution in [0.15, 0.2) is 60.7 Å². The summed E-state index contributed by atoms with van der Waals surface area (Å²) in [5, 5.41) is 2.24. The molecule has 168 valence electrons. The summed E-state index contributed by atoms with van der Waals surface area (Å²) in [6.07, 6.45) is 0. The Morgan fingerprint density at radius 1 is 0.533 bits per heavy atom. The van der Waals surface area contributed by atoms with E-state index >= 15 is 0 Å². The van der Waals surface area contributed by atoms with E-state index < -0.39 is 17.6 Å². The minimum absolute atomic E-state index is 0.548. The van der Waals surface area contributed by atoms with Crippen LogP contribution in [0.2, 0.25) is 0 Å². The zero-order chi connectivity index (χ0) is 22.3. The lowest BCUT2D eigenvalue weighted by Crippen LogP contribution is -2.62. The van der Waals surface area contributed by atoms with Gasteiger partial charge in [-0.25, -0.2) is 0 Å². The van der Waals surface area contributed by atoms with Crippen LogP contribution in [0.4, 0.5) is 0 Å². The smallest absolute Gasteiger partial charge is 0.391 e. The zero-order valence-corrected chi connectivity index (χ0v) is 21.1. The Labute approximate surface area is 183 Å². The Bertz CT molecular complexity index is 597. The summed E-state index contributed by atoms with van der Waals surface area (Å²) >= 11 is 0. The number of hydrogen-bond acceptors (Lipinski definition) is 6. The molecule has 30 heavy (non-hydrogen) atoms. The van der Waals surface area contributed by atoms with Crippen LogP contribution in [-0.2, 0) is 26.6 Å². The fourth-order valence-electron chi connectivity index (χ4n) is 2.99. The molecule has 0 aromatic heterocycles. The van der Waals surface area contributed by atoms with E-state index in [2.05, 4.69) is 24.3 Å². The first-order valence-corrected chi connectivity index (χ1v) is 13.8. The van der Waals surface area contributed by atoms with Gasteiger partial charge in [-0.15, -0.1) is 0 Å². The van der Waals surface area contributed by atoms with E-state index in [0.29, 0.717) is 26.4 Å². The van der Waals surface area contributed by atoms with Gasteiger partial charge in [0.05, 0.1) is 0 Å². The Balaban J connectivity index is 0.000000314. The molecule has 0 bridgehead atoms. The molecule has 0 N–H and O–H groups in total. The van der Waals surface area contributed by atoms with Crippen molar-refractivity contribution in [2.24, 2.45) is 0 Å². The molecule has 8 heteroatoms. The molecule has 0 aliphatic rings. The first-order valence-electron chi connectivity index (χ1n) is 10.3. The van der Waals surface area contributed by atoms with Crippen LogP contribution in [0.5, 0.6) is 0 Å². The van der Waals surface area contributed by atoms with Gasteiger partial charge >= 0.3 is 17.6 Å². The van der Waals surface area contributed by atoms with E-state index in [-0.39, 0.29) is 0 Å². The van der Waals surface area contributed by atoms with Crippen molar-refractivity contribution in [1.82, 2.24) is 0 Å². The molecule has 2 aromatic carbocycles. The third kappa shape index (κ3) is 7.40. The van der Waals surface area contributed by atoms with Crippen molar-refractivity contribution < 1.29 is 26.6 Å². The van der Waals surface area contributed by atoms with Crippen molar-refractivity contribution in [3.05, 3.63) is 60.7 Å². The summed E-state index contributed by atoms with van der Waals surface area (Å²) in [7, 11) is -1.86. The Morgan fingerprint density at radius 2 is 0.833 bits per heavy atom. The maximum absolute atomic E-state index is 5.78. The van der Waals surface area contributed by atoms with E-state index in [1.807, 2.05) is 64.1 Å². The Kier molecular flexibility index (Phi) is 13.0. The highest BCUT2D eigenvalue weighted by Gasteiger charge is 2.44. The van der Waals surface area contributed by atoms with Crippen LogP contribution in [0.1, 0.15) is 27.7 Å². The highest BCUT2D eigenvalue weighted by Crippen LogP contribution is 2.11. The summed E-state index contributed by atoms with van der Waals surface area (Å²) in [6, 6.07) is 20.3. The van der Waals surface area contributed by atoms with E-state index in [9.17, 15) is 0 Å².